The third-order valence-corrected chi connectivity index (χ3v) is 4.01. The average Bonchev–Trinajstić information content (AvgIpc) is 2.96. The van der Waals surface area contributed by atoms with Gasteiger partial charge in [0.25, 0.3) is 0 Å². The third-order valence-electron chi connectivity index (χ3n) is 2.55. The van der Waals surface area contributed by atoms with E-state index in [0.29, 0.717) is 18.6 Å². The molecule has 0 spiro atoms. The Balaban J connectivity index is 1.69. The minimum atomic E-state index is 0.373. The Bertz CT molecular complexity index is 374. The van der Waals surface area contributed by atoms with Crippen molar-refractivity contribution in [2.45, 2.75) is 25.7 Å². The lowest BCUT2D eigenvalue weighted by molar-refractivity contribution is -0.119. The van der Waals surface area contributed by atoms with Crippen molar-refractivity contribution in [1.29, 1.82) is 0 Å². The number of ketones is 1. The molecule has 0 unspecified atom stereocenters. The fourth-order valence-electron chi connectivity index (χ4n) is 1.56. The van der Waals surface area contributed by atoms with Crippen molar-refractivity contribution >= 4 is 28.5 Å². The molecule has 0 saturated heterocycles. The quantitative estimate of drug-likeness (QED) is 0.759. The van der Waals surface area contributed by atoms with Crippen LogP contribution in [0.3, 0.4) is 0 Å². The summed E-state index contributed by atoms with van der Waals surface area (Å²) >= 11 is 3.39. The molecular weight excluding hydrogens is 236 g/mol. The zero-order valence-electron chi connectivity index (χ0n) is 9.02. The van der Waals surface area contributed by atoms with Gasteiger partial charge in [-0.15, -0.1) is 0 Å². The normalized spacial score (nSPS) is 10.5. The van der Waals surface area contributed by atoms with E-state index in [0.717, 1.165) is 12.8 Å². The average molecular weight is 250 g/mol. The molecule has 0 N–H and O–H groups in total. The molecule has 0 saturated carbocycles. The molecule has 0 atom stereocenters. The van der Waals surface area contributed by atoms with Gasteiger partial charge >= 0.3 is 0 Å². The van der Waals surface area contributed by atoms with Crippen LogP contribution < -0.4 is 0 Å². The molecule has 0 amide bonds. The second kappa shape index (κ2) is 5.97. The largest absolute Gasteiger partial charge is 0.300 e. The highest BCUT2D eigenvalue weighted by Crippen LogP contribution is 2.12. The van der Waals surface area contributed by atoms with Crippen LogP contribution in [0, 0.1) is 0 Å². The maximum Gasteiger partial charge on any atom is 0.133 e. The highest BCUT2D eigenvalue weighted by molar-refractivity contribution is 7.08. The van der Waals surface area contributed by atoms with Crippen LogP contribution in [0.25, 0.3) is 0 Å². The van der Waals surface area contributed by atoms with Gasteiger partial charge in [0.1, 0.15) is 5.78 Å². The first-order valence-corrected chi connectivity index (χ1v) is 7.27. The molecule has 0 bridgehead atoms. The summed E-state index contributed by atoms with van der Waals surface area (Å²) in [6.45, 7) is 0. The maximum absolute atomic E-state index is 11.6. The summed E-state index contributed by atoms with van der Waals surface area (Å²) in [6.07, 6.45) is 3.15. The number of thiophene rings is 2. The lowest BCUT2D eigenvalue weighted by atomic mass is 10.1. The maximum atomic E-state index is 11.6. The lowest BCUT2D eigenvalue weighted by Gasteiger charge is -1.99. The number of carbonyl (C=O) groups excluding carboxylic acids is 1. The van der Waals surface area contributed by atoms with Crippen molar-refractivity contribution in [3.05, 3.63) is 44.8 Å². The first-order chi connectivity index (χ1) is 7.84. The Morgan fingerprint density at radius 1 is 0.938 bits per heavy atom. The van der Waals surface area contributed by atoms with Gasteiger partial charge in [0.15, 0.2) is 0 Å². The molecule has 84 valence electrons. The van der Waals surface area contributed by atoms with Gasteiger partial charge in [-0.1, -0.05) is 0 Å². The fraction of sp³-hybridized carbons (Fsp3) is 0.308. The van der Waals surface area contributed by atoms with Crippen LogP contribution in [-0.4, -0.2) is 5.78 Å². The number of carbonyl (C=O) groups is 1. The van der Waals surface area contributed by atoms with Crippen molar-refractivity contribution in [2.75, 3.05) is 0 Å². The fourth-order valence-corrected chi connectivity index (χ4v) is 2.97. The van der Waals surface area contributed by atoms with Gasteiger partial charge in [0.2, 0.25) is 0 Å². The number of rotatable bonds is 6. The van der Waals surface area contributed by atoms with E-state index in [4.69, 9.17) is 0 Å². The Hall–Kier alpha value is -0.930. The summed E-state index contributed by atoms with van der Waals surface area (Å²) in [5.74, 6) is 0.373. The standard InChI is InChI=1S/C13H14OS2/c14-13(3-1-11-5-7-15-9-11)4-2-12-6-8-16-10-12/h5-10H,1-4H2. The van der Waals surface area contributed by atoms with E-state index in [1.54, 1.807) is 22.7 Å². The topological polar surface area (TPSA) is 17.1 Å². The number of Topliss-reactive ketones (excluding diaryl/α,β-unsaturated/α-hetero) is 1. The lowest BCUT2D eigenvalue weighted by Crippen LogP contribution is -2.01. The van der Waals surface area contributed by atoms with Crippen LogP contribution in [0.2, 0.25) is 0 Å². The molecule has 1 nitrogen and oxygen atoms in total. The smallest absolute Gasteiger partial charge is 0.133 e. The Morgan fingerprint density at radius 3 is 1.81 bits per heavy atom. The van der Waals surface area contributed by atoms with E-state index in [2.05, 4.69) is 33.7 Å². The monoisotopic (exact) mass is 250 g/mol. The molecule has 0 fully saturated rings. The Labute approximate surface area is 104 Å². The van der Waals surface area contributed by atoms with Gasteiger partial charge < -0.3 is 0 Å². The summed E-state index contributed by atoms with van der Waals surface area (Å²) in [7, 11) is 0. The Morgan fingerprint density at radius 2 is 1.44 bits per heavy atom. The highest BCUT2D eigenvalue weighted by Gasteiger charge is 2.04. The van der Waals surface area contributed by atoms with E-state index in [1.165, 1.54) is 11.1 Å². The van der Waals surface area contributed by atoms with Crippen molar-refractivity contribution in [1.82, 2.24) is 0 Å². The molecule has 3 heteroatoms. The molecule has 0 aliphatic rings. The predicted octanol–water partition coefficient (Wildman–Crippen LogP) is 3.94. The minimum absolute atomic E-state index is 0.373. The van der Waals surface area contributed by atoms with E-state index < -0.39 is 0 Å². The molecule has 2 rings (SSSR count). The van der Waals surface area contributed by atoms with E-state index >= 15 is 0 Å². The molecule has 0 aliphatic carbocycles. The van der Waals surface area contributed by atoms with Crippen molar-refractivity contribution in [2.24, 2.45) is 0 Å². The zero-order chi connectivity index (χ0) is 11.2. The second-order valence-electron chi connectivity index (χ2n) is 3.80. The van der Waals surface area contributed by atoms with E-state index in [1.807, 2.05) is 0 Å². The minimum Gasteiger partial charge on any atom is -0.300 e. The van der Waals surface area contributed by atoms with Crippen molar-refractivity contribution in [3.63, 3.8) is 0 Å². The van der Waals surface area contributed by atoms with Gasteiger partial charge in [0.05, 0.1) is 0 Å². The van der Waals surface area contributed by atoms with Crippen LogP contribution >= 0.6 is 22.7 Å². The van der Waals surface area contributed by atoms with E-state index in [-0.39, 0.29) is 0 Å². The van der Waals surface area contributed by atoms with E-state index in [9.17, 15) is 4.79 Å². The molecule has 0 radical (unpaired) electrons. The molecule has 0 aliphatic heterocycles. The van der Waals surface area contributed by atoms with Crippen LogP contribution in [0.4, 0.5) is 0 Å². The third kappa shape index (κ3) is 3.58. The molecular formula is C13H14OS2. The SMILES string of the molecule is O=C(CCc1ccsc1)CCc1ccsc1. The van der Waals surface area contributed by atoms with Crippen molar-refractivity contribution in [3.8, 4) is 0 Å². The molecule has 2 aromatic rings. The summed E-state index contributed by atoms with van der Waals surface area (Å²) in [6, 6.07) is 4.19. The molecule has 0 aromatic carbocycles. The van der Waals surface area contributed by atoms with Crippen LogP contribution in [0.5, 0.6) is 0 Å². The van der Waals surface area contributed by atoms with Crippen LogP contribution in [0.15, 0.2) is 33.7 Å². The molecule has 2 aromatic heterocycles. The van der Waals surface area contributed by atoms with Crippen molar-refractivity contribution < 1.29 is 4.79 Å². The van der Waals surface area contributed by atoms with Crippen LogP contribution in [0.1, 0.15) is 24.0 Å². The number of hydrogen-bond donors (Lipinski definition) is 0. The summed E-state index contributed by atoms with van der Waals surface area (Å²) in [4.78, 5) is 11.6. The summed E-state index contributed by atoms with van der Waals surface area (Å²) < 4.78 is 0. The molecule has 2 heterocycles. The van der Waals surface area contributed by atoms with Gasteiger partial charge in [-0.3, -0.25) is 4.79 Å². The first-order valence-electron chi connectivity index (χ1n) is 5.38. The predicted molar refractivity (Wildman–Crippen MR) is 70.3 cm³/mol. The summed E-state index contributed by atoms with van der Waals surface area (Å²) in [5.41, 5.74) is 2.57. The zero-order valence-corrected chi connectivity index (χ0v) is 10.7. The van der Waals surface area contributed by atoms with Gasteiger partial charge in [-0.05, 0) is 57.6 Å². The number of aryl methyl sites for hydroxylation is 2. The van der Waals surface area contributed by atoms with Gasteiger partial charge in [0, 0.05) is 12.8 Å². The van der Waals surface area contributed by atoms with Crippen LogP contribution in [-0.2, 0) is 17.6 Å². The first kappa shape index (κ1) is 11.6. The van der Waals surface area contributed by atoms with Gasteiger partial charge in [-0.2, -0.15) is 22.7 Å². The molecule has 16 heavy (non-hydrogen) atoms. The second-order valence-corrected chi connectivity index (χ2v) is 5.36. The summed E-state index contributed by atoms with van der Waals surface area (Å²) in [5, 5.41) is 8.36. The number of hydrogen-bond acceptors (Lipinski definition) is 3. The highest BCUT2D eigenvalue weighted by atomic mass is 32.1. The Kier molecular flexibility index (Phi) is 4.31. The van der Waals surface area contributed by atoms with Gasteiger partial charge in [-0.25, -0.2) is 0 Å².